The normalized spacial score (nSPS) is 18.8. The highest BCUT2D eigenvalue weighted by Gasteiger charge is 2.24. The molecule has 37 heavy (non-hydrogen) atoms. The minimum atomic E-state index is -0.204. The van der Waals surface area contributed by atoms with E-state index in [2.05, 4.69) is 51.1 Å². The van der Waals surface area contributed by atoms with Gasteiger partial charge in [-0.15, -0.1) is 0 Å². The van der Waals surface area contributed by atoms with E-state index >= 15 is 0 Å². The molecule has 0 saturated carbocycles. The number of nitrogens with one attached hydrogen (secondary N) is 3. The summed E-state index contributed by atoms with van der Waals surface area (Å²) in [5.41, 5.74) is 5.46. The van der Waals surface area contributed by atoms with Crippen LogP contribution in [0.2, 0.25) is 0 Å². The number of imidazole rings is 1. The lowest BCUT2D eigenvalue weighted by Crippen LogP contribution is -2.45. The van der Waals surface area contributed by atoms with Gasteiger partial charge in [0, 0.05) is 30.4 Å². The number of aromatic amines is 2. The standard InChI is InChI=1S/C29H30N6O2/c1-17-15-35(16-18(2)37-17)20-11-12-24-25(14-20)33-28(32-24)26-27(31-19(3)22-9-6-7-13-30-22)21-8-4-5-10-23(21)34-29(26)36/h4-14,17-19H,15-16H2,1-3H3,(H,32,33)(H2,31,34,36)/t17-,18-,19+/m1/s1. The Bertz CT molecular complexity index is 1620. The smallest absolute Gasteiger partial charge is 0.261 e. The van der Waals surface area contributed by atoms with Crippen LogP contribution in [-0.4, -0.2) is 45.2 Å². The van der Waals surface area contributed by atoms with Gasteiger partial charge in [-0.25, -0.2) is 4.98 Å². The van der Waals surface area contributed by atoms with Gasteiger partial charge in [-0.3, -0.25) is 9.78 Å². The van der Waals surface area contributed by atoms with Crippen LogP contribution in [0.4, 0.5) is 11.4 Å². The molecule has 0 bridgehead atoms. The number of rotatable bonds is 5. The number of anilines is 2. The third kappa shape index (κ3) is 4.44. The SMILES string of the molecule is C[C@@H]1CN(c2ccc3nc(-c4c(N[C@@H](C)c5ccccn5)c5ccccc5[nH]c4=O)[nH]c3c2)C[C@@H](C)O1. The number of H-pyrrole nitrogens is 2. The Kier molecular flexibility index (Phi) is 5.88. The minimum Gasteiger partial charge on any atom is -0.376 e. The van der Waals surface area contributed by atoms with Gasteiger partial charge in [0.25, 0.3) is 5.56 Å². The van der Waals surface area contributed by atoms with Crippen LogP contribution < -0.4 is 15.8 Å². The van der Waals surface area contributed by atoms with Gasteiger partial charge in [-0.2, -0.15) is 0 Å². The molecule has 188 valence electrons. The van der Waals surface area contributed by atoms with Gasteiger partial charge >= 0.3 is 0 Å². The highest BCUT2D eigenvalue weighted by Crippen LogP contribution is 2.34. The predicted octanol–water partition coefficient (Wildman–Crippen LogP) is 5.25. The number of para-hydroxylation sites is 1. The second-order valence-electron chi connectivity index (χ2n) is 9.82. The zero-order chi connectivity index (χ0) is 25.5. The molecule has 8 nitrogen and oxygen atoms in total. The molecule has 1 fully saturated rings. The number of nitrogens with zero attached hydrogens (tertiary/aromatic N) is 3. The first-order valence-electron chi connectivity index (χ1n) is 12.7. The van der Waals surface area contributed by atoms with Gasteiger partial charge in [0.1, 0.15) is 11.4 Å². The van der Waals surface area contributed by atoms with E-state index in [9.17, 15) is 4.79 Å². The van der Waals surface area contributed by atoms with Gasteiger partial charge in [0.15, 0.2) is 0 Å². The van der Waals surface area contributed by atoms with Crippen molar-refractivity contribution in [3.63, 3.8) is 0 Å². The Morgan fingerprint density at radius 1 is 1.00 bits per heavy atom. The summed E-state index contributed by atoms with van der Waals surface area (Å²) < 4.78 is 5.90. The Labute approximate surface area is 214 Å². The quantitative estimate of drug-likeness (QED) is 0.309. The third-order valence-electron chi connectivity index (χ3n) is 6.90. The molecule has 3 N–H and O–H groups in total. The molecular formula is C29H30N6O2. The summed E-state index contributed by atoms with van der Waals surface area (Å²) in [4.78, 5) is 31.6. The van der Waals surface area contributed by atoms with E-state index in [1.807, 2.05) is 55.5 Å². The highest BCUT2D eigenvalue weighted by molar-refractivity contribution is 5.99. The number of pyridine rings is 2. The molecular weight excluding hydrogens is 464 g/mol. The van der Waals surface area contributed by atoms with Crippen LogP contribution in [0.3, 0.4) is 0 Å². The van der Waals surface area contributed by atoms with Crippen molar-refractivity contribution in [1.82, 2.24) is 19.9 Å². The first-order chi connectivity index (χ1) is 18.0. The van der Waals surface area contributed by atoms with Crippen molar-refractivity contribution in [2.24, 2.45) is 0 Å². The molecule has 0 radical (unpaired) electrons. The molecule has 3 atom stereocenters. The topological polar surface area (TPSA) is 98.9 Å². The van der Waals surface area contributed by atoms with E-state index in [4.69, 9.17) is 9.72 Å². The molecule has 0 amide bonds. The van der Waals surface area contributed by atoms with E-state index in [0.717, 1.165) is 52.1 Å². The van der Waals surface area contributed by atoms with Crippen molar-refractivity contribution < 1.29 is 4.74 Å². The molecule has 0 unspecified atom stereocenters. The van der Waals surface area contributed by atoms with E-state index in [1.54, 1.807) is 6.20 Å². The Morgan fingerprint density at radius 3 is 2.57 bits per heavy atom. The van der Waals surface area contributed by atoms with Crippen LogP contribution in [0.15, 0.2) is 71.7 Å². The van der Waals surface area contributed by atoms with Crippen molar-refractivity contribution in [2.45, 2.75) is 39.0 Å². The second kappa shape index (κ2) is 9.37. The Hall–Kier alpha value is -4.17. The molecule has 0 spiro atoms. The summed E-state index contributed by atoms with van der Waals surface area (Å²) in [7, 11) is 0. The zero-order valence-electron chi connectivity index (χ0n) is 21.2. The molecule has 2 aromatic carbocycles. The molecule has 6 rings (SSSR count). The molecule has 1 saturated heterocycles. The minimum absolute atomic E-state index is 0.119. The summed E-state index contributed by atoms with van der Waals surface area (Å²) in [6.45, 7) is 7.91. The van der Waals surface area contributed by atoms with Crippen LogP contribution in [0, 0.1) is 0 Å². The van der Waals surface area contributed by atoms with E-state index < -0.39 is 0 Å². The second-order valence-corrected chi connectivity index (χ2v) is 9.82. The summed E-state index contributed by atoms with van der Waals surface area (Å²) in [5.74, 6) is 0.526. The van der Waals surface area contributed by atoms with Crippen molar-refractivity contribution in [2.75, 3.05) is 23.3 Å². The lowest BCUT2D eigenvalue weighted by molar-refractivity contribution is -0.00521. The van der Waals surface area contributed by atoms with E-state index in [1.165, 1.54) is 0 Å². The van der Waals surface area contributed by atoms with E-state index in [0.29, 0.717) is 11.4 Å². The predicted molar refractivity (Wildman–Crippen MR) is 148 cm³/mol. The summed E-state index contributed by atoms with van der Waals surface area (Å²) in [5, 5.41) is 4.48. The Balaban J connectivity index is 1.45. The van der Waals surface area contributed by atoms with Gasteiger partial charge < -0.3 is 24.9 Å². The maximum atomic E-state index is 13.4. The molecule has 4 heterocycles. The van der Waals surface area contributed by atoms with Crippen molar-refractivity contribution in [3.05, 3.63) is 82.9 Å². The monoisotopic (exact) mass is 494 g/mol. The van der Waals surface area contributed by atoms with Crippen molar-refractivity contribution in [1.29, 1.82) is 0 Å². The number of benzene rings is 2. The van der Waals surface area contributed by atoms with E-state index in [-0.39, 0.29) is 23.8 Å². The number of hydrogen-bond donors (Lipinski definition) is 3. The summed E-state index contributed by atoms with van der Waals surface area (Å²) in [6, 6.07) is 19.7. The van der Waals surface area contributed by atoms with Crippen LogP contribution >= 0.6 is 0 Å². The summed E-state index contributed by atoms with van der Waals surface area (Å²) in [6.07, 6.45) is 2.11. The van der Waals surface area contributed by atoms with Gasteiger partial charge in [0.05, 0.1) is 46.2 Å². The first kappa shape index (κ1) is 23.2. The lowest BCUT2D eigenvalue weighted by Gasteiger charge is -2.36. The van der Waals surface area contributed by atoms with Gasteiger partial charge in [-0.1, -0.05) is 24.3 Å². The number of fused-ring (bicyclic) bond motifs is 2. The number of aromatic nitrogens is 4. The number of hydrogen-bond acceptors (Lipinski definition) is 6. The maximum Gasteiger partial charge on any atom is 0.261 e. The third-order valence-corrected chi connectivity index (χ3v) is 6.90. The fraction of sp³-hybridized carbons (Fsp3) is 0.276. The first-order valence-corrected chi connectivity index (χ1v) is 12.7. The molecule has 1 aliphatic rings. The van der Waals surface area contributed by atoms with Crippen LogP contribution in [0.1, 0.15) is 32.5 Å². The van der Waals surface area contributed by atoms with Gasteiger partial charge in [0.2, 0.25) is 0 Å². The number of morpholine rings is 1. The van der Waals surface area contributed by atoms with Gasteiger partial charge in [-0.05, 0) is 57.2 Å². The lowest BCUT2D eigenvalue weighted by atomic mass is 10.1. The number of ether oxygens (including phenoxy) is 1. The summed E-state index contributed by atoms with van der Waals surface area (Å²) >= 11 is 0. The molecule has 1 aliphatic heterocycles. The fourth-order valence-corrected chi connectivity index (χ4v) is 5.24. The molecule has 8 heteroatoms. The van der Waals surface area contributed by atoms with Crippen molar-refractivity contribution in [3.8, 4) is 11.4 Å². The average Bonchev–Trinajstić information content (AvgIpc) is 3.31. The Morgan fingerprint density at radius 2 is 1.78 bits per heavy atom. The fourth-order valence-electron chi connectivity index (χ4n) is 5.24. The highest BCUT2D eigenvalue weighted by atomic mass is 16.5. The van der Waals surface area contributed by atoms with Crippen LogP contribution in [0.25, 0.3) is 33.3 Å². The molecule has 0 aliphatic carbocycles. The maximum absolute atomic E-state index is 13.4. The largest absolute Gasteiger partial charge is 0.376 e. The average molecular weight is 495 g/mol. The zero-order valence-corrected chi connectivity index (χ0v) is 21.2. The molecule has 5 aromatic rings. The molecule has 3 aromatic heterocycles. The van der Waals surface area contributed by atoms with Crippen LogP contribution in [-0.2, 0) is 4.74 Å². The van der Waals surface area contributed by atoms with Crippen LogP contribution in [0.5, 0.6) is 0 Å². The van der Waals surface area contributed by atoms with Crippen molar-refractivity contribution >= 4 is 33.3 Å².